The Morgan fingerprint density at radius 1 is 1.25 bits per heavy atom. The molecule has 3 heterocycles. The molecule has 0 saturated carbocycles. The molecule has 3 aliphatic rings. The largest absolute Gasteiger partial charge is 0.391 e. The second-order valence-corrected chi connectivity index (χ2v) is 7.93. The maximum Gasteiger partial charge on any atom is 0.255 e. The van der Waals surface area contributed by atoms with E-state index >= 15 is 0 Å². The Balaban J connectivity index is 1.46. The average molecular weight is 386 g/mol. The molecule has 3 amide bonds. The van der Waals surface area contributed by atoms with E-state index in [9.17, 15) is 19.5 Å². The van der Waals surface area contributed by atoms with E-state index < -0.39 is 11.9 Å². The van der Waals surface area contributed by atoms with Crippen molar-refractivity contribution in [1.82, 2.24) is 20.4 Å². The van der Waals surface area contributed by atoms with E-state index in [2.05, 4.69) is 15.5 Å². The van der Waals surface area contributed by atoms with E-state index in [0.29, 0.717) is 25.1 Å². The molecule has 2 fully saturated rings. The standard InChI is InChI=1S/C20H26N4O4/c1-23(16-9-21-7-6-17(16)25)10-12-2-3-14-13(8-12)11-24(20(14)28)15-4-5-18(26)22-19(15)27/h2-3,8,15-17,21,25H,4-7,9-11H2,1H3,(H,22,26,27). The lowest BCUT2D eigenvalue weighted by molar-refractivity contribution is -0.136. The summed E-state index contributed by atoms with van der Waals surface area (Å²) in [6.45, 7) is 2.64. The fraction of sp³-hybridized carbons (Fsp3) is 0.550. The maximum absolute atomic E-state index is 12.8. The van der Waals surface area contributed by atoms with Crippen molar-refractivity contribution in [3.8, 4) is 0 Å². The number of hydrogen-bond acceptors (Lipinski definition) is 6. The first-order valence-corrected chi connectivity index (χ1v) is 9.79. The Bertz CT molecular complexity index is 811. The third kappa shape index (κ3) is 3.55. The normalized spacial score (nSPS) is 27.9. The van der Waals surface area contributed by atoms with Crippen LogP contribution in [-0.2, 0) is 22.7 Å². The molecule has 8 nitrogen and oxygen atoms in total. The maximum atomic E-state index is 12.8. The zero-order valence-electron chi connectivity index (χ0n) is 16.0. The van der Waals surface area contributed by atoms with Gasteiger partial charge in [-0.05, 0) is 43.6 Å². The lowest BCUT2D eigenvalue weighted by Gasteiger charge is -2.35. The highest BCUT2D eigenvalue weighted by Crippen LogP contribution is 2.28. The summed E-state index contributed by atoms with van der Waals surface area (Å²) in [5.41, 5.74) is 2.59. The van der Waals surface area contributed by atoms with Crippen LogP contribution in [0.4, 0.5) is 0 Å². The van der Waals surface area contributed by atoms with Crippen LogP contribution in [0, 0.1) is 0 Å². The third-order valence-electron chi connectivity index (χ3n) is 6.00. The van der Waals surface area contributed by atoms with Gasteiger partial charge in [-0.2, -0.15) is 0 Å². The van der Waals surface area contributed by atoms with Crippen LogP contribution in [0.5, 0.6) is 0 Å². The van der Waals surface area contributed by atoms with Gasteiger partial charge in [0.25, 0.3) is 5.91 Å². The molecule has 28 heavy (non-hydrogen) atoms. The Morgan fingerprint density at radius 3 is 2.82 bits per heavy atom. The monoisotopic (exact) mass is 386 g/mol. The second kappa shape index (κ2) is 7.62. The highest BCUT2D eigenvalue weighted by molar-refractivity contribution is 6.05. The Morgan fingerprint density at radius 2 is 2.07 bits per heavy atom. The molecule has 0 aliphatic carbocycles. The van der Waals surface area contributed by atoms with Gasteiger partial charge in [-0.15, -0.1) is 0 Å². The van der Waals surface area contributed by atoms with Gasteiger partial charge in [0.15, 0.2) is 0 Å². The molecule has 3 aliphatic heterocycles. The summed E-state index contributed by atoms with van der Waals surface area (Å²) in [5.74, 6) is -0.831. The Kier molecular flexibility index (Phi) is 5.18. The van der Waals surface area contributed by atoms with E-state index in [0.717, 1.165) is 30.6 Å². The van der Waals surface area contributed by atoms with Crippen LogP contribution >= 0.6 is 0 Å². The molecule has 2 saturated heterocycles. The Labute approximate surface area is 163 Å². The summed E-state index contributed by atoms with van der Waals surface area (Å²) < 4.78 is 0. The van der Waals surface area contributed by atoms with Gasteiger partial charge >= 0.3 is 0 Å². The predicted octanol–water partition coefficient (Wildman–Crippen LogP) is -0.398. The first-order valence-electron chi connectivity index (χ1n) is 9.79. The van der Waals surface area contributed by atoms with Crippen LogP contribution in [-0.4, -0.2) is 71.0 Å². The fourth-order valence-corrected chi connectivity index (χ4v) is 4.41. The topological polar surface area (TPSA) is 102 Å². The van der Waals surface area contributed by atoms with Crippen LogP contribution in [0.25, 0.3) is 0 Å². The minimum absolute atomic E-state index is 0.0589. The predicted molar refractivity (Wildman–Crippen MR) is 101 cm³/mol. The number of aliphatic hydroxyl groups excluding tert-OH is 1. The SMILES string of the molecule is CN(Cc1ccc2c(c1)CN(C1CCC(=O)NC1=O)C2=O)C1CNCCC1O. The van der Waals surface area contributed by atoms with Crippen LogP contribution in [0.3, 0.4) is 0 Å². The molecular formula is C20H26N4O4. The summed E-state index contributed by atoms with van der Waals surface area (Å²) in [6, 6.07) is 5.24. The van der Waals surface area contributed by atoms with Crippen LogP contribution in [0.15, 0.2) is 18.2 Å². The molecule has 0 aromatic heterocycles. The van der Waals surface area contributed by atoms with Gasteiger partial charge in [0.05, 0.1) is 6.10 Å². The van der Waals surface area contributed by atoms with Crippen molar-refractivity contribution in [1.29, 1.82) is 0 Å². The number of aliphatic hydroxyl groups is 1. The number of rotatable bonds is 4. The zero-order chi connectivity index (χ0) is 19.8. The first kappa shape index (κ1) is 19.0. The Hall–Kier alpha value is -2.29. The number of piperidine rings is 2. The van der Waals surface area contributed by atoms with Gasteiger partial charge in [0.2, 0.25) is 11.8 Å². The number of benzene rings is 1. The van der Waals surface area contributed by atoms with Crippen LogP contribution < -0.4 is 10.6 Å². The highest BCUT2D eigenvalue weighted by Gasteiger charge is 2.39. The first-order chi connectivity index (χ1) is 13.4. The zero-order valence-corrected chi connectivity index (χ0v) is 16.0. The minimum atomic E-state index is -0.591. The lowest BCUT2D eigenvalue weighted by Crippen LogP contribution is -2.52. The summed E-state index contributed by atoms with van der Waals surface area (Å²) >= 11 is 0. The number of nitrogens with one attached hydrogen (secondary N) is 2. The number of hydrogen-bond donors (Lipinski definition) is 3. The van der Waals surface area contributed by atoms with Gasteiger partial charge in [-0.3, -0.25) is 24.6 Å². The lowest BCUT2D eigenvalue weighted by atomic mass is 10.0. The van der Waals surface area contributed by atoms with Crippen LogP contribution in [0.1, 0.15) is 40.7 Å². The van der Waals surface area contributed by atoms with Gasteiger partial charge in [0.1, 0.15) is 6.04 Å². The quantitative estimate of drug-likeness (QED) is 0.609. The van der Waals surface area contributed by atoms with Gasteiger partial charge in [-0.25, -0.2) is 0 Å². The summed E-state index contributed by atoms with van der Waals surface area (Å²) in [7, 11) is 1.99. The van der Waals surface area contributed by atoms with E-state index in [1.165, 1.54) is 0 Å². The van der Waals surface area contributed by atoms with E-state index in [-0.39, 0.29) is 30.4 Å². The molecule has 3 atom stereocenters. The van der Waals surface area contributed by atoms with Gasteiger partial charge in [0, 0.05) is 37.7 Å². The number of likely N-dealkylation sites (N-methyl/N-ethyl adjacent to an activating group) is 1. The molecule has 150 valence electrons. The van der Waals surface area contributed by atoms with Crippen LogP contribution in [0.2, 0.25) is 0 Å². The second-order valence-electron chi connectivity index (χ2n) is 7.93. The number of carbonyl (C=O) groups excluding carboxylic acids is 3. The number of carbonyl (C=O) groups is 3. The van der Waals surface area contributed by atoms with E-state index in [1.807, 2.05) is 25.2 Å². The molecule has 1 aromatic rings. The average Bonchev–Trinajstić information content (AvgIpc) is 2.98. The third-order valence-corrected chi connectivity index (χ3v) is 6.00. The molecule has 3 unspecified atom stereocenters. The smallest absolute Gasteiger partial charge is 0.255 e. The molecule has 0 bridgehead atoms. The molecule has 8 heteroatoms. The summed E-state index contributed by atoms with van der Waals surface area (Å²) in [6.07, 6.45) is 1.02. The number of amides is 3. The number of imide groups is 1. The van der Waals surface area contributed by atoms with E-state index in [4.69, 9.17) is 0 Å². The summed E-state index contributed by atoms with van der Waals surface area (Å²) in [4.78, 5) is 40.0. The molecule has 4 rings (SSSR count). The van der Waals surface area contributed by atoms with Crippen molar-refractivity contribution in [3.63, 3.8) is 0 Å². The summed E-state index contributed by atoms with van der Waals surface area (Å²) in [5, 5.41) is 15.9. The number of nitrogens with zero attached hydrogens (tertiary/aromatic N) is 2. The highest BCUT2D eigenvalue weighted by atomic mass is 16.3. The van der Waals surface area contributed by atoms with Gasteiger partial charge < -0.3 is 15.3 Å². The van der Waals surface area contributed by atoms with Crippen molar-refractivity contribution < 1.29 is 19.5 Å². The van der Waals surface area contributed by atoms with Crippen molar-refractivity contribution in [2.75, 3.05) is 20.1 Å². The molecule has 1 aromatic carbocycles. The number of fused-ring (bicyclic) bond motifs is 1. The van der Waals surface area contributed by atoms with E-state index in [1.54, 1.807) is 4.90 Å². The van der Waals surface area contributed by atoms with Crippen molar-refractivity contribution in [2.45, 2.75) is 50.5 Å². The van der Waals surface area contributed by atoms with Crippen molar-refractivity contribution in [3.05, 3.63) is 34.9 Å². The molecule has 0 spiro atoms. The van der Waals surface area contributed by atoms with Gasteiger partial charge in [-0.1, -0.05) is 12.1 Å². The molecule has 3 N–H and O–H groups in total. The fourth-order valence-electron chi connectivity index (χ4n) is 4.41. The van der Waals surface area contributed by atoms with Crippen molar-refractivity contribution in [2.24, 2.45) is 0 Å². The molecular weight excluding hydrogens is 360 g/mol. The minimum Gasteiger partial charge on any atom is -0.391 e. The molecule has 0 radical (unpaired) electrons. The van der Waals surface area contributed by atoms with Crippen molar-refractivity contribution >= 4 is 17.7 Å².